The maximum Gasteiger partial charge on any atom is 0.322 e. The van der Waals surface area contributed by atoms with Crippen molar-refractivity contribution in [2.45, 2.75) is 23.0 Å². The van der Waals surface area contributed by atoms with Gasteiger partial charge in [0, 0.05) is 4.90 Å². The summed E-state index contributed by atoms with van der Waals surface area (Å²) in [6.45, 7) is 0.460. The minimum Gasteiger partial charge on any atom is -0.465 e. The monoisotopic (exact) mass is 224 g/mol. The van der Waals surface area contributed by atoms with Crippen LogP contribution >= 0.6 is 0 Å². The van der Waals surface area contributed by atoms with Crippen molar-refractivity contribution in [3.8, 4) is 0 Å². The van der Waals surface area contributed by atoms with Gasteiger partial charge in [0.05, 0.1) is 17.4 Å². The second-order valence-corrected chi connectivity index (χ2v) is 5.04. The van der Waals surface area contributed by atoms with Crippen LogP contribution in [0.2, 0.25) is 0 Å². The van der Waals surface area contributed by atoms with Crippen LogP contribution in [-0.4, -0.2) is 22.0 Å². The average molecular weight is 224 g/mol. The van der Waals surface area contributed by atoms with Crippen molar-refractivity contribution in [3.05, 3.63) is 30.3 Å². The van der Waals surface area contributed by atoms with Gasteiger partial charge in [-0.2, -0.15) is 0 Å². The average Bonchev–Trinajstić information content (AvgIpc) is 2.30. The molecule has 0 aliphatic carbocycles. The third-order valence-electron chi connectivity index (χ3n) is 2.35. The SMILES string of the molecule is O=C1OCCCC1S(=O)c1ccccc1. The molecule has 2 atom stereocenters. The Hall–Kier alpha value is -1.16. The molecule has 2 rings (SSSR count). The summed E-state index contributed by atoms with van der Waals surface area (Å²) in [7, 11) is -1.27. The topological polar surface area (TPSA) is 43.4 Å². The second kappa shape index (κ2) is 4.57. The molecule has 4 heteroatoms. The van der Waals surface area contributed by atoms with E-state index in [9.17, 15) is 9.00 Å². The zero-order valence-corrected chi connectivity index (χ0v) is 9.03. The standard InChI is InChI=1S/C11H12O3S/c12-11-10(7-4-8-14-11)15(13)9-5-2-1-3-6-9/h1-3,5-6,10H,4,7-8H2. The molecule has 1 heterocycles. The summed E-state index contributed by atoms with van der Waals surface area (Å²) in [6, 6.07) is 9.05. The minimum atomic E-state index is -1.27. The highest BCUT2D eigenvalue weighted by Gasteiger charge is 2.30. The van der Waals surface area contributed by atoms with Crippen molar-refractivity contribution in [2.24, 2.45) is 0 Å². The van der Waals surface area contributed by atoms with Crippen LogP contribution in [0.15, 0.2) is 35.2 Å². The van der Waals surface area contributed by atoms with Crippen molar-refractivity contribution in [2.75, 3.05) is 6.61 Å². The maximum atomic E-state index is 12.0. The van der Waals surface area contributed by atoms with E-state index in [1.165, 1.54) is 0 Å². The summed E-state index contributed by atoms with van der Waals surface area (Å²) >= 11 is 0. The molecule has 15 heavy (non-hydrogen) atoms. The van der Waals surface area contributed by atoms with Gasteiger partial charge in [0.15, 0.2) is 0 Å². The van der Waals surface area contributed by atoms with Crippen LogP contribution in [0.3, 0.4) is 0 Å². The van der Waals surface area contributed by atoms with E-state index in [0.717, 1.165) is 6.42 Å². The van der Waals surface area contributed by atoms with Crippen molar-refractivity contribution in [1.29, 1.82) is 0 Å². The van der Waals surface area contributed by atoms with Gasteiger partial charge in [-0.15, -0.1) is 0 Å². The third-order valence-corrected chi connectivity index (χ3v) is 4.03. The van der Waals surface area contributed by atoms with Gasteiger partial charge in [-0.1, -0.05) is 18.2 Å². The Kier molecular flexibility index (Phi) is 3.16. The predicted octanol–water partition coefficient (Wildman–Crippen LogP) is 1.50. The predicted molar refractivity (Wildman–Crippen MR) is 56.8 cm³/mol. The fourth-order valence-corrected chi connectivity index (χ4v) is 2.94. The van der Waals surface area contributed by atoms with E-state index in [0.29, 0.717) is 17.9 Å². The quantitative estimate of drug-likeness (QED) is 0.715. The number of esters is 1. The number of cyclic esters (lactones) is 1. The molecule has 0 spiro atoms. The van der Waals surface area contributed by atoms with Crippen molar-refractivity contribution in [3.63, 3.8) is 0 Å². The van der Waals surface area contributed by atoms with Gasteiger partial charge in [0.25, 0.3) is 0 Å². The number of carbonyl (C=O) groups is 1. The van der Waals surface area contributed by atoms with Crippen LogP contribution in [0.1, 0.15) is 12.8 Å². The first-order valence-corrected chi connectivity index (χ1v) is 6.12. The van der Waals surface area contributed by atoms with Gasteiger partial charge in [-0.05, 0) is 25.0 Å². The smallest absolute Gasteiger partial charge is 0.322 e. The zero-order chi connectivity index (χ0) is 10.7. The molecule has 1 aromatic carbocycles. The van der Waals surface area contributed by atoms with Gasteiger partial charge in [-0.25, -0.2) is 0 Å². The molecule has 1 fully saturated rings. The number of hydrogen-bond acceptors (Lipinski definition) is 3. The molecule has 0 amide bonds. The van der Waals surface area contributed by atoms with Crippen LogP contribution in [0.25, 0.3) is 0 Å². The second-order valence-electron chi connectivity index (χ2n) is 3.41. The largest absolute Gasteiger partial charge is 0.465 e. The van der Waals surface area contributed by atoms with Crippen LogP contribution in [0.5, 0.6) is 0 Å². The normalized spacial score (nSPS) is 23.2. The molecule has 0 radical (unpaired) electrons. The zero-order valence-electron chi connectivity index (χ0n) is 8.22. The Labute approximate surface area is 90.9 Å². The summed E-state index contributed by atoms with van der Waals surface area (Å²) in [5.74, 6) is -0.330. The summed E-state index contributed by atoms with van der Waals surface area (Å²) in [5, 5.41) is -0.485. The number of rotatable bonds is 2. The molecule has 1 saturated heterocycles. The molecule has 0 N–H and O–H groups in total. The number of benzene rings is 1. The molecule has 1 aromatic rings. The Balaban J connectivity index is 2.17. The van der Waals surface area contributed by atoms with Crippen LogP contribution in [0.4, 0.5) is 0 Å². The van der Waals surface area contributed by atoms with Crippen LogP contribution < -0.4 is 0 Å². The Morgan fingerprint density at radius 3 is 2.67 bits per heavy atom. The van der Waals surface area contributed by atoms with E-state index in [-0.39, 0.29) is 5.97 Å². The lowest BCUT2D eigenvalue weighted by atomic mass is 10.2. The molecule has 0 saturated carbocycles. The lowest BCUT2D eigenvalue weighted by Crippen LogP contribution is -2.32. The first-order chi connectivity index (χ1) is 7.29. The van der Waals surface area contributed by atoms with E-state index < -0.39 is 16.0 Å². The molecule has 3 nitrogen and oxygen atoms in total. The first kappa shape index (κ1) is 10.4. The third kappa shape index (κ3) is 2.26. The summed E-state index contributed by atoms with van der Waals surface area (Å²) < 4.78 is 16.9. The van der Waals surface area contributed by atoms with E-state index in [2.05, 4.69) is 0 Å². The van der Waals surface area contributed by atoms with Crippen molar-refractivity contribution >= 4 is 16.8 Å². The summed E-state index contributed by atoms with van der Waals surface area (Å²) in [6.07, 6.45) is 1.45. The molecule has 0 bridgehead atoms. The summed E-state index contributed by atoms with van der Waals surface area (Å²) in [4.78, 5) is 12.1. The first-order valence-electron chi connectivity index (χ1n) is 4.91. The van der Waals surface area contributed by atoms with E-state index in [1.54, 1.807) is 12.1 Å². The van der Waals surface area contributed by atoms with Gasteiger partial charge in [-0.3, -0.25) is 9.00 Å². The number of ether oxygens (including phenoxy) is 1. The Morgan fingerprint density at radius 2 is 2.00 bits per heavy atom. The molecule has 1 aliphatic heterocycles. The molecular formula is C11H12O3S. The van der Waals surface area contributed by atoms with E-state index in [4.69, 9.17) is 4.74 Å². The molecular weight excluding hydrogens is 212 g/mol. The number of hydrogen-bond donors (Lipinski definition) is 0. The minimum absolute atomic E-state index is 0.330. The van der Waals surface area contributed by atoms with E-state index in [1.807, 2.05) is 18.2 Å². The Bertz CT molecular complexity index is 375. The van der Waals surface area contributed by atoms with Crippen LogP contribution in [0, 0.1) is 0 Å². The fraction of sp³-hybridized carbons (Fsp3) is 0.364. The highest BCUT2D eigenvalue weighted by Crippen LogP contribution is 2.19. The van der Waals surface area contributed by atoms with Crippen molar-refractivity contribution in [1.82, 2.24) is 0 Å². The highest BCUT2D eigenvalue weighted by atomic mass is 32.2. The molecule has 2 unspecified atom stereocenters. The van der Waals surface area contributed by atoms with Gasteiger partial charge >= 0.3 is 5.97 Å². The number of carbonyl (C=O) groups excluding carboxylic acids is 1. The lowest BCUT2D eigenvalue weighted by molar-refractivity contribution is -0.146. The molecule has 1 aliphatic rings. The molecule has 0 aromatic heterocycles. The van der Waals surface area contributed by atoms with Gasteiger partial charge in [0.2, 0.25) is 0 Å². The summed E-state index contributed by atoms with van der Waals surface area (Å²) in [5.41, 5.74) is 0. The van der Waals surface area contributed by atoms with Crippen molar-refractivity contribution < 1.29 is 13.7 Å². The van der Waals surface area contributed by atoms with Gasteiger partial charge in [0.1, 0.15) is 5.25 Å². The van der Waals surface area contributed by atoms with Gasteiger partial charge < -0.3 is 4.74 Å². The highest BCUT2D eigenvalue weighted by molar-refractivity contribution is 7.86. The fourth-order valence-electron chi connectivity index (χ4n) is 1.57. The molecule has 80 valence electrons. The Morgan fingerprint density at radius 1 is 1.27 bits per heavy atom. The lowest BCUT2D eigenvalue weighted by Gasteiger charge is -2.20. The van der Waals surface area contributed by atoms with Crippen LogP contribution in [-0.2, 0) is 20.3 Å². The maximum absolute atomic E-state index is 12.0. The van der Waals surface area contributed by atoms with E-state index >= 15 is 0 Å².